The maximum atomic E-state index is 12.0. The molecule has 0 amide bonds. The van der Waals surface area contributed by atoms with Crippen LogP contribution in [0.3, 0.4) is 0 Å². The molecule has 8 fully saturated rings. The maximum absolute atomic E-state index is 12.0. The van der Waals surface area contributed by atoms with Crippen LogP contribution in [0, 0.1) is 46.3 Å². The van der Waals surface area contributed by atoms with Crippen molar-refractivity contribution in [3.63, 3.8) is 0 Å². The Balaban J connectivity index is 0.901. The quantitative estimate of drug-likeness (QED) is 0.158. The Morgan fingerprint density at radius 2 is 1.38 bits per heavy atom. The second-order valence-corrected chi connectivity index (χ2v) is 20.6. The third kappa shape index (κ3) is 7.10. The molecule has 1 unspecified atom stereocenters. The third-order valence-electron chi connectivity index (χ3n) is 17.3. The average molecular weight is 855 g/mol. The Morgan fingerprint density at radius 3 is 2.08 bits per heavy atom. The van der Waals surface area contributed by atoms with Gasteiger partial charge in [0.1, 0.15) is 61.0 Å². The summed E-state index contributed by atoms with van der Waals surface area (Å²) >= 11 is 0. The van der Waals surface area contributed by atoms with Crippen molar-refractivity contribution >= 4 is 0 Å². The van der Waals surface area contributed by atoms with Crippen molar-refractivity contribution in [3.05, 3.63) is 11.6 Å². The van der Waals surface area contributed by atoms with Gasteiger partial charge in [0.2, 0.25) is 0 Å². The highest BCUT2D eigenvalue weighted by molar-refractivity contribution is 5.26. The Kier molecular flexibility index (Phi) is 12.2. The molecule has 9 rings (SSSR count). The molecule has 25 atom stereocenters. The van der Waals surface area contributed by atoms with Crippen LogP contribution in [0.2, 0.25) is 0 Å². The van der Waals surface area contributed by atoms with E-state index in [0.717, 1.165) is 45.1 Å². The summed E-state index contributed by atoms with van der Waals surface area (Å²) < 4.78 is 49.7. The summed E-state index contributed by atoms with van der Waals surface area (Å²) in [5.74, 6) is 2.69. The topological polar surface area (TPSA) is 236 Å². The van der Waals surface area contributed by atoms with E-state index in [2.05, 4.69) is 33.8 Å². The number of aliphatic hydroxyl groups excluding tert-OH is 8. The predicted molar refractivity (Wildman–Crippen MR) is 208 cm³/mol. The van der Waals surface area contributed by atoms with Crippen LogP contribution in [-0.2, 0) is 37.9 Å². The maximum Gasteiger partial charge on any atom is 0.187 e. The van der Waals surface area contributed by atoms with Crippen molar-refractivity contribution in [2.75, 3.05) is 19.8 Å². The van der Waals surface area contributed by atoms with Crippen LogP contribution >= 0.6 is 0 Å². The minimum Gasteiger partial charge on any atom is -0.394 e. The fourth-order valence-corrected chi connectivity index (χ4v) is 13.8. The summed E-state index contributed by atoms with van der Waals surface area (Å²) in [6, 6.07) is 0. The first kappa shape index (κ1) is 44.3. The van der Waals surface area contributed by atoms with Crippen LogP contribution in [0.4, 0.5) is 0 Å². The Morgan fingerprint density at radius 1 is 0.700 bits per heavy atom. The number of aliphatic hydroxyl groups is 8. The van der Waals surface area contributed by atoms with E-state index in [1.165, 1.54) is 18.9 Å². The summed E-state index contributed by atoms with van der Waals surface area (Å²) in [4.78, 5) is 0. The Bertz CT molecular complexity index is 1560. The van der Waals surface area contributed by atoms with E-state index in [1.807, 2.05) is 0 Å². The molecule has 16 nitrogen and oxygen atoms in total. The summed E-state index contributed by atoms with van der Waals surface area (Å²) in [5.41, 5.74) is 1.56. The monoisotopic (exact) mass is 854 g/mol. The molecule has 60 heavy (non-hydrogen) atoms. The van der Waals surface area contributed by atoms with Gasteiger partial charge in [0.05, 0.1) is 38.1 Å². The zero-order valence-corrected chi connectivity index (χ0v) is 35.6. The van der Waals surface area contributed by atoms with Gasteiger partial charge in [0.25, 0.3) is 0 Å². The van der Waals surface area contributed by atoms with Crippen molar-refractivity contribution in [1.82, 2.24) is 0 Å². The van der Waals surface area contributed by atoms with Gasteiger partial charge >= 0.3 is 0 Å². The molecule has 4 aliphatic carbocycles. The standard InChI is InChI=1S/C44H70O16/c1-19-8-13-44(53-18-19)20(2)30-27(60-44)15-26-24-7-6-22-14-23(9-11-42(22,4)25(24)10-12-43(26,30)5)55-41-36(52)38(59-39-35(51)33(49)31(47)21(3)54-39)37(29(17-46)57-41)58-40-34(50)32(48)28(16-45)56-40/h6,19-21,23-41,45-52H,7-18H2,1-5H3/t19-,20+,21+,23+,24-,25+,26+,27+,28+,29-,30+,31+,32+,33-,34-,35-,36-,37-,38?,39+,40+,41-,42+,43+,44-/m1/s1. The summed E-state index contributed by atoms with van der Waals surface area (Å²) in [6.45, 7) is 10.6. The minimum atomic E-state index is -1.73. The number of hydrogen-bond acceptors (Lipinski definition) is 16. The molecular weight excluding hydrogens is 784 g/mol. The molecule has 8 N–H and O–H groups in total. The van der Waals surface area contributed by atoms with E-state index in [1.54, 1.807) is 0 Å². The molecule has 5 aliphatic heterocycles. The lowest BCUT2D eigenvalue weighted by Gasteiger charge is -2.58. The van der Waals surface area contributed by atoms with Crippen LogP contribution in [0.25, 0.3) is 0 Å². The zero-order valence-electron chi connectivity index (χ0n) is 35.6. The van der Waals surface area contributed by atoms with Gasteiger partial charge in [-0.25, -0.2) is 0 Å². The van der Waals surface area contributed by atoms with E-state index < -0.39 is 105 Å². The highest BCUT2D eigenvalue weighted by Crippen LogP contribution is 2.70. The van der Waals surface area contributed by atoms with Crippen LogP contribution in [-0.4, -0.2) is 165 Å². The van der Waals surface area contributed by atoms with Gasteiger partial charge in [-0.05, 0) is 98.7 Å². The van der Waals surface area contributed by atoms with E-state index >= 15 is 0 Å². The first-order valence-corrected chi connectivity index (χ1v) is 22.8. The van der Waals surface area contributed by atoms with Crippen LogP contribution < -0.4 is 0 Å². The third-order valence-corrected chi connectivity index (χ3v) is 17.3. The smallest absolute Gasteiger partial charge is 0.187 e. The summed E-state index contributed by atoms with van der Waals surface area (Å²) in [5, 5.41) is 85.0. The van der Waals surface area contributed by atoms with Crippen molar-refractivity contribution < 1.29 is 78.7 Å². The van der Waals surface area contributed by atoms with Gasteiger partial charge in [0.15, 0.2) is 24.7 Å². The SMILES string of the molecule is C[C@@H]1CC[C@@]2(OC1)O[C@H]1C[C@H]3[C@@H]4CC=C5C[C@@H](O[C@@H]6O[C@H](CO)[C@@H](O[C@@H]7O[C@@H](CO)[C@H](O)[C@H]7O)C(O[C@@H]7O[C@@H](C)[C@H](O)[C@@H](O)[C@H]7O)[C@H]6O)CC[C@]5(C)[C@H]4CC[C@]3(C)[C@H]1[C@@H]2C. The zero-order chi connectivity index (χ0) is 42.6. The van der Waals surface area contributed by atoms with Crippen molar-refractivity contribution in [3.8, 4) is 0 Å². The fraction of sp³-hybridized carbons (Fsp3) is 0.955. The number of rotatable bonds is 8. The summed E-state index contributed by atoms with van der Waals surface area (Å²) in [7, 11) is 0. The molecule has 5 saturated heterocycles. The molecule has 0 bridgehead atoms. The molecule has 0 aromatic heterocycles. The number of fused-ring (bicyclic) bond motifs is 7. The lowest BCUT2D eigenvalue weighted by Crippen LogP contribution is -2.65. The van der Waals surface area contributed by atoms with Gasteiger partial charge in [-0.1, -0.05) is 39.3 Å². The van der Waals surface area contributed by atoms with E-state index in [4.69, 9.17) is 37.9 Å². The summed E-state index contributed by atoms with van der Waals surface area (Å²) in [6.07, 6.45) is -8.89. The van der Waals surface area contributed by atoms with Gasteiger partial charge in [-0.15, -0.1) is 0 Å². The van der Waals surface area contributed by atoms with Crippen molar-refractivity contribution in [2.45, 2.75) is 196 Å². The van der Waals surface area contributed by atoms with Gasteiger partial charge in [-0.2, -0.15) is 0 Å². The van der Waals surface area contributed by atoms with E-state index in [-0.39, 0.29) is 23.0 Å². The van der Waals surface area contributed by atoms with Crippen molar-refractivity contribution in [2.24, 2.45) is 46.3 Å². The molecule has 0 aromatic rings. The molecule has 5 heterocycles. The second-order valence-electron chi connectivity index (χ2n) is 20.6. The predicted octanol–water partition coefficient (Wildman–Crippen LogP) is 0.853. The van der Waals surface area contributed by atoms with Gasteiger partial charge in [-0.3, -0.25) is 0 Å². The van der Waals surface area contributed by atoms with E-state index in [9.17, 15) is 40.9 Å². The molecule has 16 heteroatoms. The molecule has 9 aliphatic rings. The molecule has 342 valence electrons. The van der Waals surface area contributed by atoms with Crippen molar-refractivity contribution in [1.29, 1.82) is 0 Å². The van der Waals surface area contributed by atoms with Crippen LogP contribution in [0.15, 0.2) is 11.6 Å². The lowest BCUT2D eigenvalue weighted by atomic mass is 9.47. The van der Waals surface area contributed by atoms with E-state index in [0.29, 0.717) is 48.3 Å². The first-order chi connectivity index (χ1) is 28.5. The van der Waals surface area contributed by atoms with Crippen LogP contribution in [0.1, 0.15) is 92.4 Å². The molecule has 0 aromatic carbocycles. The molecule has 0 radical (unpaired) electrons. The fourth-order valence-electron chi connectivity index (χ4n) is 13.8. The van der Waals surface area contributed by atoms with Crippen LogP contribution in [0.5, 0.6) is 0 Å². The molecule has 1 spiro atoms. The van der Waals surface area contributed by atoms with Gasteiger partial charge < -0.3 is 78.7 Å². The molecule has 3 saturated carbocycles. The van der Waals surface area contributed by atoms with Gasteiger partial charge in [0, 0.05) is 12.3 Å². The largest absolute Gasteiger partial charge is 0.394 e. The number of ether oxygens (including phenoxy) is 8. The highest BCUT2D eigenvalue weighted by atomic mass is 16.8. The normalized spacial score (nSPS) is 57.7. The highest BCUT2D eigenvalue weighted by Gasteiger charge is 2.69. The second kappa shape index (κ2) is 16.5. The Hall–Kier alpha value is -0.900. The number of allylic oxidation sites excluding steroid dienone is 1. The number of hydrogen-bond donors (Lipinski definition) is 8. The Labute approximate surface area is 352 Å². The average Bonchev–Trinajstić information content (AvgIpc) is 3.79. The lowest BCUT2D eigenvalue weighted by molar-refractivity contribution is -0.376. The minimum absolute atomic E-state index is 0.00194. The first-order valence-electron chi connectivity index (χ1n) is 22.8. The molecular formula is C44H70O16.